The summed E-state index contributed by atoms with van der Waals surface area (Å²) in [5.74, 6) is -1.23. The molecule has 3 rings (SSSR count). The van der Waals surface area contributed by atoms with Crippen LogP contribution in [0, 0.1) is 13.8 Å². The van der Waals surface area contributed by atoms with Crippen LogP contribution in [0.4, 0.5) is 0 Å². The molecule has 0 radical (unpaired) electrons. The third-order valence-corrected chi connectivity index (χ3v) is 6.78. The summed E-state index contributed by atoms with van der Waals surface area (Å²) in [5.41, 5.74) is 1.66. The van der Waals surface area contributed by atoms with Crippen LogP contribution < -0.4 is 4.74 Å². The highest BCUT2D eigenvalue weighted by atomic mass is 35.5. The molecule has 11 heteroatoms. The second-order valence-corrected chi connectivity index (χ2v) is 10.2. The molecule has 0 saturated carbocycles. The number of sulfone groups is 1. The van der Waals surface area contributed by atoms with Gasteiger partial charge in [-0.15, -0.1) is 0 Å². The molecule has 0 unspecified atom stereocenters. The predicted octanol–water partition coefficient (Wildman–Crippen LogP) is 3.23. The number of hydrogen-bond acceptors (Lipinski definition) is 7. The molecule has 0 aliphatic rings. The molecule has 0 N–H and O–H groups in total. The maximum Gasteiger partial charge on any atom is 0.348 e. The van der Waals surface area contributed by atoms with Gasteiger partial charge in [-0.2, -0.15) is 10.2 Å². The molecule has 0 fully saturated rings. The quantitative estimate of drug-likeness (QED) is 0.367. The summed E-state index contributed by atoms with van der Waals surface area (Å²) in [6.45, 7) is 5.18. The summed E-state index contributed by atoms with van der Waals surface area (Å²) in [5, 5.41) is 8.43. The van der Waals surface area contributed by atoms with Crippen molar-refractivity contribution in [1.29, 1.82) is 0 Å². The Kier molecular flexibility index (Phi) is 6.80. The van der Waals surface area contributed by atoms with Gasteiger partial charge in [-0.1, -0.05) is 24.9 Å². The molecule has 9 nitrogen and oxygen atoms in total. The monoisotopic (exact) mass is 492 g/mol. The van der Waals surface area contributed by atoms with E-state index in [0.29, 0.717) is 29.8 Å². The molecule has 0 bridgehead atoms. The van der Waals surface area contributed by atoms with E-state index >= 15 is 0 Å². The predicted molar refractivity (Wildman–Crippen MR) is 123 cm³/mol. The van der Waals surface area contributed by atoms with E-state index in [1.165, 1.54) is 27.7 Å². The summed E-state index contributed by atoms with van der Waals surface area (Å²) in [6.07, 6.45) is 3.65. The molecular weight excluding hydrogens is 468 g/mol. The number of aromatic nitrogens is 4. The van der Waals surface area contributed by atoms with Crippen molar-refractivity contribution in [2.75, 3.05) is 6.26 Å². The second kappa shape index (κ2) is 9.11. The zero-order chi connectivity index (χ0) is 24.7. The van der Waals surface area contributed by atoms with E-state index in [1.807, 2.05) is 6.92 Å². The van der Waals surface area contributed by atoms with Gasteiger partial charge in [0.2, 0.25) is 11.7 Å². The molecule has 3 aromatic rings. The zero-order valence-corrected chi connectivity index (χ0v) is 20.8. The van der Waals surface area contributed by atoms with Gasteiger partial charge in [-0.05, 0) is 38.0 Å². The van der Waals surface area contributed by atoms with Crippen molar-refractivity contribution < 1.29 is 22.7 Å². The lowest BCUT2D eigenvalue weighted by atomic mass is 9.99. The van der Waals surface area contributed by atoms with Crippen LogP contribution in [0.15, 0.2) is 23.2 Å². The maximum absolute atomic E-state index is 13.5. The van der Waals surface area contributed by atoms with Gasteiger partial charge in [0.15, 0.2) is 9.84 Å². The number of rotatable bonds is 7. The first-order valence-electron chi connectivity index (χ1n) is 10.2. The largest absolute Gasteiger partial charge is 0.403 e. The number of ether oxygens (including phenoxy) is 1. The lowest BCUT2D eigenvalue weighted by Crippen LogP contribution is -2.15. The first-order chi connectivity index (χ1) is 15.4. The van der Waals surface area contributed by atoms with Crippen LogP contribution in [0.25, 0.3) is 0 Å². The summed E-state index contributed by atoms with van der Waals surface area (Å²) < 4.78 is 32.8. The van der Waals surface area contributed by atoms with Gasteiger partial charge in [0.25, 0.3) is 0 Å². The van der Waals surface area contributed by atoms with Gasteiger partial charge in [-0.3, -0.25) is 9.48 Å². The van der Waals surface area contributed by atoms with Crippen LogP contribution in [0.2, 0.25) is 5.02 Å². The van der Waals surface area contributed by atoms with Gasteiger partial charge in [0.05, 0.1) is 21.3 Å². The molecule has 0 spiro atoms. The molecule has 33 heavy (non-hydrogen) atoms. The van der Waals surface area contributed by atoms with Crippen molar-refractivity contribution in [3.05, 3.63) is 57.0 Å². The molecule has 0 aliphatic heterocycles. The lowest BCUT2D eigenvalue weighted by Gasteiger charge is -2.13. The third-order valence-electron chi connectivity index (χ3n) is 5.16. The van der Waals surface area contributed by atoms with E-state index in [2.05, 4.69) is 10.2 Å². The average molecular weight is 493 g/mol. The third kappa shape index (κ3) is 4.72. The van der Waals surface area contributed by atoms with Gasteiger partial charge >= 0.3 is 5.97 Å². The highest BCUT2D eigenvalue weighted by Crippen LogP contribution is 2.33. The Balaban J connectivity index is 2.10. The number of carbonyl (C=O) groups is 2. The SMILES string of the molecule is CCCc1c(S(C)(=O)=O)ccc(C(=O)c2c(C)nn(C)c2OC(=O)c2cn(C)nc2C)c1Cl. The zero-order valence-electron chi connectivity index (χ0n) is 19.3. The first kappa shape index (κ1) is 24.7. The van der Waals surface area contributed by atoms with Gasteiger partial charge < -0.3 is 4.74 Å². The molecule has 0 amide bonds. The fourth-order valence-corrected chi connectivity index (χ4v) is 5.07. The second-order valence-electron chi connectivity index (χ2n) is 7.84. The number of carbonyl (C=O) groups excluding carboxylic acids is 2. The van der Waals surface area contributed by atoms with Crippen LogP contribution >= 0.6 is 11.6 Å². The fraction of sp³-hybridized carbons (Fsp3) is 0.364. The Hall–Kier alpha value is -2.98. The van der Waals surface area contributed by atoms with E-state index in [4.69, 9.17) is 16.3 Å². The Bertz CT molecular complexity index is 1370. The van der Waals surface area contributed by atoms with E-state index in [1.54, 1.807) is 27.9 Å². The molecular formula is C22H25ClN4O5S. The van der Waals surface area contributed by atoms with E-state index in [0.717, 1.165) is 6.26 Å². The van der Waals surface area contributed by atoms with E-state index < -0.39 is 21.6 Å². The Morgan fingerprint density at radius 1 is 1.09 bits per heavy atom. The van der Waals surface area contributed by atoms with Crippen molar-refractivity contribution in [2.24, 2.45) is 14.1 Å². The van der Waals surface area contributed by atoms with Crippen LogP contribution in [0.3, 0.4) is 0 Å². The Morgan fingerprint density at radius 3 is 2.30 bits per heavy atom. The van der Waals surface area contributed by atoms with Crippen molar-refractivity contribution in [1.82, 2.24) is 19.6 Å². The standard InChI is InChI=1S/C22H25ClN4O5S/c1-7-8-14-17(33(6,30)31)10-9-15(19(14)23)20(28)18-13(3)25-27(5)21(18)32-22(29)16-11-26(4)24-12(16)2/h9-11H,7-8H2,1-6H3. The number of halogens is 1. The minimum atomic E-state index is -3.54. The number of esters is 1. The molecule has 2 heterocycles. The van der Waals surface area contributed by atoms with Gasteiger partial charge in [0, 0.05) is 32.1 Å². The highest BCUT2D eigenvalue weighted by Gasteiger charge is 2.29. The number of hydrogen-bond donors (Lipinski definition) is 0. The van der Waals surface area contributed by atoms with Crippen LogP contribution in [0.5, 0.6) is 5.88 Å². The molecule has 1 aromatic carbocycles. The van der Waals surface area contributed by atoms with E-state index in [-0.39, 0.29) is 32.5 Å². The minimum absolute atomic E-state index is 0.0361. The number of nitrogens with zero attached hydrogens (tertiary/aromatic N) is 4. The first-order valence-corrected chi connectivity index (χ1v) is 12.5. The maximum atomic E-state index is 13.5. The van der Waals surface area contributed by atoms with E-state index in [9.17, 15) is 18.0 Å². The Morgan fingerprint density at radius 2 is 1.76 bits per heavy atom. The topological polar surface area (TPSA) is 113 Å². The van der Waals surface area contributed by atoms with Crippen molar-refractivity contribution in [2.45, 2.75) is 38.5 Å². The van der Waals surface area contributed by atoms with Crippen LogP contribution in [-0.4, -0.2) is 46.0 Å². The van der Waals surface area contributed by atoms with Crippen LogP contribution in [-0.2, 0) is 30.4 Å². The van der Waals surface area contributed by atoms with Crippen LogP contribution in [0.1, 0.15) is 56.6 Å². The fourth-order valence-electron chi connectivity index (χ4n) is 3.70. The smallest absolute Gasteiger partial charge is 0.348 e. The average Bonchev–Trinajstić information content (AvgIpc) is 3.19. The molecule has 2 aromatic heterocycles. The summed E-state index contributed by atoms with van der Waals surface area (Å²) >= 11 is 6.55. The summed E-state index contributed by atoms with van der Waals surface area (Å²) in [6, 6.07) is 2.76. The highest BCUT2D eigenvalue weighted by molar-refractivity contribution is 7.90. The van der Waals surface area contributed by atoms with Crippen molar-refractivity contribution in [3.63, 3.8) is 0 Å². The normalized spacial score (nSPS) is 11.6. The lowest BCUT2D eigenvalue weighted by molar-refractivity contribution is 0.0717. The number of aryl methyl sites for hydroxylation is 4. The number of benzene rings is 1. The molecule has 0 aliphatic carbocycles. The Labute approximate surface area is 197 Å². The van der Waals surface area contributed by atoms with Crippen molar-refractivity contribution in [3.8, 4) is 5.88 Å². The molecule has 176 valence electrons. The molecule has 0 saturated heterocycles. The van der Waals surface area contributed by atoms with Crippen molar-refractivity contribution >= 4 is 33.2 Å². The summed E-state index contributed by atoms with van der Waals surface area (Å²) in [7, 11) is -0.297. The van der Waals surface area contributed by atoms with Gasteiger partial charge in [0.1, 0.15) is 11.1 Å². The number of ketones is 1. The summed E-state index contributed by atoms with van der Waals surface area (Å²) in [4.78, 5) is 26.4. The minimum Gasteiger partial charge on any atom is -0.403 e. The van der Waals surface area contributed by atoms with Gasteiger partial charge in [-0.25, -0.2) is 17.9 Å². The molecule has 0 atom stereocenters.